The lowest BCUT2D eigenvalue weighted by atomic mass is 9.95. The molecule has 5 nitrogen and oxygen atoms in total. The summed E-state index contributed by atoms with van der Waals surface area (Å²) in [5.41, 5.74) is -1.86. The summed E-state index contributed by atoms with van der Waals surface area (Å²) in [6.45, 7) is -0.460. The Morgan fingerprint density at radius 2 is 1.61 bits per heavy atom. The molecule has 0 amide bonds. The zero-order valence-corrected chi connectivity index (χ0v) is 14.5. The van der Waals surface area contributed by atoms with Gasteiger partial charge in [0.25, 0.3) is 0 Å². The number of benzene rings is 2. The lowest BCUT2D eigenvalue weighted by Crippen LogP contribution is -2.16. The van der Waals surface area contributed by atoms with E-state index in [-0.39, 0.29) is 22.3 Å². The minimum Gasteiger partial charge on any atom is -0.457 e. The number of esters is 1. The summed E-state index contributed by atoms with van der Waals surface area (Å²) >= 11 is 0. The molecule has 1 aliphatic heterocycles. The quantitative estimate of drug-likeness (QED) is 0.612. The van der Waals surface area contributed by atoms with Crippen molar-refractivity contribution in [2.24, 2.45) is 5.14 Å². The van der Waals surface area contributed by atoms with Gasteiger partial charge >= 0.3 is 12.1 Å². The van der Waals surface area contributed by atoms with Crippen molar-refractivity contribution in [2.45, 2.75) is 11.1 Å². The van der Waals surface area contributed by atoms with Crippen LogP contribution in [-0.4, -0.2) is 21.0 Å². The highest BCUT2D eigenvalue weighted by Gasteiger charge is 2.33. The number of primary sulfonamides is 1. The molecule has 1 heterocycles. The second-order valence-corrected chi connectivity index (χ2v) is 7.32. The highest BCUT2D eigenvalue weighted by Crippen LogP contribution is 2.37. The number of hydrogen-bond acceptors (Lipinski definition) is 4. The zero-order chi connectivity index (χ0) is 20.9. The molecule has 0 saturated carbocycles. The predicted molar refractivity (Wildman–Crippen MR) is 86.9 cm³/mol. The average Bonchev–Trinajstić information content (AvgIpc) is 2.94. The van der Waals surface area contributed by atoms with E-state index < -0.39 is 50.9 Å². The summed E-state index contributed by atoms with van der Waals surface area (Å²) < 4.78 is 94.4. The van der Waals surface area contributed by atoms with Gasteiger partial charge in [-0.3, -0.25) is 0 Å². The van der Waals surface area contributed by atoms with Gasteiger partial charge in [0.15, 0.2) is 4.90 Å². The van der Waals surface area contributed by atoms with Crippen LogP contribution in [0.25, 0.3) is 11.1 Å². The van der Waals surface area contributed by atoms with Gasteiger partial charge in [0.05, 0.1) is 11.1 Å². The van der Waals surface area contributed by atoms with Crippen LogP contribution < -0.4 is 5.14 Å². The van der Waals surface area contributed by atoms with Crippen molar-refractivity contribution in [3.05, 3.63) is 64.7 Å². The molecule has 0 spiro atoms. The SMILES string of the molecule is NS(=O)(=O)c1c(F)cc(C2=C(c3cccc(C(F)(F)F)c3)C(=O)OC2)cc1F. The Morgan fingerprint density at radius 1 is 1.00 bits per heavy atom. The van der Waals surface area contributed by atoms with Crippen molar-refractivity contribution < 1.29 is 39.9 Å². The van der Waals surface area contributed by atoms with Crippen LogP contribution >= 0.6 is 0 Å². The van der Waals surface area contributed by atoms with Crippen molar-refractivity contribution in [3.8, 4) is 0 Å². The number of carbonyl (C=O) groups excluding carboxylic acids is 1. The van der Waals surface area contributed by atoms with Crippen molar-refractivity contribution in [2.75, 3.05) is 6.61 Å². The third-order valence-electron chi connectivity index (χ3n) is 3.96. The van der Waals surface area contributed by atoms with Crippen LogP contribution in [0, 0.1) is 11.6 Å². The molecule has 0 fully saturated rings. The first kappa shape index (κ1) is 20.0. The van der Waals surface area contributed by atoms with Gasteiger partial charge in [-0.15, -0.1) is 0 Å². The largest absolute Gasteiger partial charge is 0.457 e. The Hall–Kier alpha value is -2.79. The number of alkyl halides is 3. The molecule has 0 radical (unpaired) electrons. The number of carbonyl (C=O) groups is 1. The molecular formula is C17H10F5NO4S. The molecule has 0 aromatic heterocycles. The van der Waals surface area contributed by atoms with Gasteiger partial charge in [-0.25, -0.2) is 27.1 Å². The van der Waals surface area contributed by atoms with Gasteiger partial charge in [0, 0.05) is 5.57 Å². The second kappa shape index (κ2) is 6.67. The first-order chi connectivity index (χ1) is 12.9. The van der Waals surface area contributed by atoms with Gasteiger partial charge in [0.2, 0.25) is 10.0 Å². The topological polar surface area (TPSA) is 86.5 Å². The summed E-state index contributed by atoms with van der Waals surface area (Å²) in [6, 6.07) is 5.02. The van der Waals surface area contributed by atoms with Gasteiger partial charge in [-0.1, -0.05) is 12.1 Å². The van der Waals surface area contributed by atoms with Crippen LogP contribution in [0.4, 0.5) is 22.0 Å². The van der Waals surface area contributed by atoms with Gasteiger partial charge in [-0.2, -0.15) is 13.2 Å². The first-order valence-electron chi connectivity index (χ1n) is 7.49. The fourth-order valence-corrected chi connectivity index (χ4v) is 3.44. The molecule has 1 aliphatic rings. The molecule has 11 heteroatoms. The van der Waals surface area contributed by atoms with Crippen LogP contribution in [0.2, 0.25) is 0 Å². The number of halogens is 5. The Bertz CT molecular complexity index is 1100. The van der Waals surface area contributed by atoms with Crippen LogP contribution in [0.3, 0.4) is 0 Å². The summed E-state index contributed by atoms with van der Waals surface area (Å²) in [7, 11) is -4.69. The van der Waals surface area contributed by atoms with Crippen molar-refractivity contribution >= 4 is 27.1 Å². The van der Waals surface area contributed by atoms with Crippen LogP contribution in [0.5, 0.6) is 0 Å². The number of ether oxygens (including phenoxy) is 1. The van der Waals surface area contributed by atoms with E-state index in [1.165, 1.54) is 6.07 Å². The molecule has 2 aromatic rings. The number of sulfonamides is 1. The molecule has 28 heavy (non-hydrogen) atoms. The van der Waals surface area contributed by atoms with E-state index in [1.54, 1.807) is 0 Å². The maximum absolute atomic E-state index is 14.1. The third-order valence-corrected chi connectivity index (χ3v) is 4.92. The third kappa shape index (κ3) is 3.62. The molecule has 0 atom stereocenters. The van der Waals surface area contributed by atoms with Gasteiger partial charge in [-0.05, 0) is 35.4 Å². The maximum Gasteiger partial charge on any atom is 0.416 e. The van der Waals surface area contributed by atoms with E-state index in [0.29, 0.717) is 18.2 Å². The molecule has 2 aromatic carbocycles. The Morgan fingerprint density at radius 3 is 2.14 bits per heavy atom. The highest BCUT2D eigenvalue weighted by atomic mass is 32.2. The smallest absolute Gasteiger partial charge is 0.416 e. The molecular weight excluding hydrogens is 409 g/mol. The molecule has 0 bridgehead atoms. The number of cyclic esters (lactones) is 1. The monoisotopic (exact) mass is 419 g/mol. The van der Waals surface area contributed by atoms with Gasteiger partial charge < -0.3 is 4.74 Å². The Kier molecular flexibility index (Phi) is 4.76. The number of rotatable bonds is 3. The maximum atomic E-state index is 14.1. The van der Waals surface area contributed by atoms with Crippen LogP contribution in [0.1, 0.15) is 16.7 Å². The summed E-state index contributed by atoms with van der Waals surface area (Å²) in [6.07, 6.45) is -4.67. The van der Waals surface area contributed by atoms with E-state index in [0.717, 1.165) is 12.1 Å². The Labute approximate surface area is 155 Å². The van der Waals surface area contributed by atoms with Crippen molar-refractivity contribution in [3.63, 3.8) is 0 Å². The van der Waals surface area contributed by atoms with Crippen LogP contribution in [0.15, 0.2) is 41.3 Å². The first-order valence-corrected chi connectivity index (χ1v) is 9.04. The number of nitrogens with two attached hydrogens (primary N) is 1. The number of hydrogen-bond donors (Lipinski definition) is 1. The minimum atomic E-state index is -4.69. The molecule has 0 aliphatic carbocycles. The van der Waals surface area contributed by atoms with E-state index >= 15 is 0 Å². The summed E-state index contributed by atoms with van der Waals surface area (Å²) in [5.74, 6) is -3.99. The van der Waals surface area contributed by atoms with E-state index in [2.05, 4.69) is 0 Å². The second-order valence-electron chi connectivity index (χ2n) is 5.82. The molecule has 0 unspecified atom stereocenters. The molecule has 0 saturated heterocycles. The molecule has 2 N–H and O–H groups in total. The van der Waals surface area contributed by atoms with Crippen LogP contribution in [-0.2, 0) is 25.7 Å². The highest BCUT2D eigenvalue weighted by molar-refractivity contribution is 7.89. The van der Waals surface area contributed by atoms with E-state index in [4.69, 9.17) is 9.88 Å². The average molecular weight is 419 g/mol. The minimum absolute atomic E-state index is 0.0944. The standard InChI is InChI=1S/C17H10F5NO4S/c18-12-5-9(6-13(19)15(12)28(23,25)26)11-7-27-16(24)14(11)8-2-1-3-10(4-8)17(20,21)22/h1-6H,7H2,(H2,23,25,26). The van der Waals surface area contributed by atoms with Crippen molar-refractivity contribution in [1.82, 2.24) is 0 Å². The van der Waals surface area contributed by atoms with Gasteiger partial charge in [0.1, 0.15) is 18.2 Å². The fraction of sp³-hybridized carbons (Fsp3) is 0.118. The Balaban J connectivity index is 2.21. The lowest BCUT2D eigenvalue weighted by molar-refractivity contribution is -0.138. The molecule has 148 valence electrons. The lowest BCUT2D eigenvalue weighted by Gasteiger charge is -2.10. The fourth-order valence-electron chi connectivity index (χ4n) is 2.78. The van der Waals surface area contributed by atoms with E-state index in [1.807, 2.05) is 0 Å². The normalized spacial score (nSPS) is 15.1. The zero-order valence-electron chi connectivity index (χ0n) is 13.7. The summed E-state index contributed by atoms with van der Waals surface area (Å²) in [5, 5.41) is 4.75. The van der Waals surface area contributed by atoms with E-state index in [9.17, 15) is 35.2 Å². The predicted octanol–water partition coefficient (Wildman–Crippen LogP) is 3.10. The van der Waals surface area contributed by atoms with Crippen molar-refractivity contribution in [1.29, 1.82) is 0 Å². The summed E-state index contributed by atoms with van der Waals surface area (Å²) in [4.78, 5) is 10.7. The molecule has 3 rings (SSSR count).